The molecule has 1 nitrogen and oxygen atoms in total. The van der Waals surface area contributed by atoms with Crippen molar-refractivity contribution >= 4 is 48.6 Å². The molecular formula is C54H41NS. The smallest absolute Gasteiger partial charge is 0.0543 e. The molecule has 8 aromatic carbocycles. The minimum absolute atomic E-state index is 0.0564. The minimum Gasteiger partial charge on any atom is -0.310 e. The summed E-state index contributed by atoms with van der Waals surface area (Å²) in [5.41, 5.74) is 19.1. The zero-order valence-corrected chi connectivity index (χ0v) is 32.9. The summed E-state index contributed by atoms with van der Waals surface area (Å²) in [4.78, 5) is 2.48. The van der Waals surface area contributed by atoms with Crippen molar-refractivity contribution in [1.82, 2.24) is 0 Å². The normalized spacial score (nSPS) is 14.4. The number of thiophene rings is 1. The quantitative estimate of drug-likeness (QED) is 0.170. The van der Waals surface area contributed by atoms with Crippen molar-refractivity contribution in [3.8, 4) is 44.5 Å². The van der Waals surface area contributed by atoms with Crippen LogP contribution in [0.25, 0.3) is 64.7 Å². The van der Waals surface area contributed by atoms with Gasteiger partial charge in [0, 0.05) is 47.9 Å². The highest BCUT2D eigenvalue weighted by atomic mass is 32.1. The highest BCUT2D eigenvalue weighted by Crippen LogP contribution is 2.55. The van der Waals surface area contributed by atoms with E-state index in [0.717, 1.165) is 11.4 Å². The number of fused-ring (bicyclic) bond motifs is 9. The molecule has 2 heteroatoms. The van der Waals surface area contributed by atoms with Gasteiger partial charge >= 0.3 is 0 Å². The second kappa shape index (κ2) is 12.1. The molecule has 0 spiro atoms. The third kappa shape index (κ3) is 4.85. The molecule has 11 rings (SSSR count). The summed E-state index contributed by atoms with van der Waals surface area (Å²) < 4.78 is 2.66. The van der Waals surface area contributed by atoms with Gasteiger partial charge in [-0.1, -0.05) is 149 Å². The van der Waals surface area contributed by atoms with Crippen molar-refractivity contribution in [1.29, 1.82) is 0 Å². The molecule has 2 aliphatic carbocycles. The summed E-state index contributed by atoms with van der Waals surface area (Å²) in [7, 11) is 0. The predicted octanol–water partition coefficient (Wildman–Crippen LogP) is 15.5. The molecule has 0 aliphatic heterocycles. The average molecular weight is 736 g/mol. The average Bonchev–Trinajstić information content (AvgIpc) is 3.81. The Morgan fingerprint density at radius 3 is 1.80 bits per heavy atom. The molecule has 0 amide bonds. The Morgan fingerprint density at radius 1 is 0.375 bits per heavy atom. The lowest BCUT2D eigenvalue weighted by Crippen LogP contribution is -2.16. The van der Waals surface area contributed by atoms with Gasteiger partial charge in [-0.25, -0.2) is 0 Å². The second-order valence-electron chi connectivity index (χ2n) is 16.5. The first-order valence-electron chi connectivity index (χ1n) is 19.7. The molecule has 0 bridgehead atoms. The zero-order valence-electron chi connectivity index (χ0n) is 32.1. The van der Waals surface area contributed by atoms with Gasteiger partial charge in [0.15, 0.2) is 0 Å². The molecule has 1 aromatic heterocycles. The van der Waals surface area contributed by atoms with Crippen LogP contribution in [0, 0.1) is 0 Å². The van der Waals surface area contributed by atoms with Crippen molar-refractivity contribution < 1.29 is 0 Å². The van der Waals surface area contributed by atoms with E-state index in [4.69, 9.17) is 0 Å². The SMILES string of the molecule is CC1(C)c2ccccc2-c2ccc(-c3cccc(N(c4ccc(-c5ccc6sc7ccccc7c6c5)cc4)c4cccc5c4-c4ccccc4C5(C)C)c3)cc21. The van der Waals surface area contributed by atoms with Crippen LogP contribution in [0.5, 0.6) is 0 Å². The van der Waals surface area contributed by atoms with Crippen molar-refractivity contribution in [2.24, 2.45) is 0 Å². The molecule has 1 heterocycles. The third-order valence-corrected chi connectivity index (χ3v) is 13.8. The first kappa shape index (κ1) is 33.1. The van der Waals surface area contributed by atoms with E-state index in [1.54, 1.807) is 0 Å². The Kier molecular flexibility index (Phi) is 7.18. The predicted molar refractivity (Wildman–Crippen MR) is 240 cm³/mol. The van der Waals surface area contributed by atoms with Gasteiger partial charge in [0.25, 0.3) is 0 Å². The fraction of sp³-hybridized carbons (Fsp3) is 0.111. The van der Waals surface area contributed by atoms with Crippen molar-refractivity contribution in [3.63, 3.8) is 0 Å². The van der Waals surface area contributed by atoms with Gasteiger partial charge in [-0.05, 0) is 116 Å². The number of rotatable bonds is 5. The van der Waals surface area contributed by atoms with E-state index in [1.807, 2.05) is 11.3 Å². The molecule has 9 aromatic rings. The Balaban J connectivity index is 1.06. The summed E-state index contributed by atoms with van der Waals surface area (Å²) in [6.45, 7) is 9.45. The Morgan fingerprint density at radius 2 is 0.964 bits per heavy atom. The molecule has 0 saturated carbocycles. The summed E-state index contributed by atoms with van der Waals surface area (Å²) in [5.74, 6) is 0. The maximum Gasteiger partial charge on any atom is 0.0543 e. The summed E-state index contributed by atoms with van der Waals surface area (Å²) in [6.07, 6.45) is 0. The maximum atomic E-state index is 2.48. The summed E-state index contributed by atoms with van der Waals surface area (Å²) in [6, 6.07) is 65.8. The van der Waals surface area contributed by atoms with Crippen LogP contribution in [0.3, 0.4) is 0 Å². The van der Waals surface area contributed by atoms with E-state index in [2.05, 4.69) is 209 Å². The maximum absolute atomic E-state index is 2.48. The van der Waals surface area contributed by atoms with E-state index < -0.39 is 0 Å². The lowest BCUT2D eigenvalue weighted by Gasteiger charge is -2.29. The molecule has 56 heavy (non-hydrogen) atoms. The first-order valence-corrected chi connectivity index (χ1v) is 20.5. The van der Waals surface area contributed by atoms with Gasteiger partial charge in [-0.3, -0.25) is 0 Å². The second-order valence-corrected chi connectivity index (χ2v) is 17.6. The monoisotopic (exact) mass is 735 g/mol. The van der Waals surface area contributed by atoms with E-state index in [0.29, 0.717) is 0 Å². The molecule has 0 atom stereocenters. The first-order chi connectivity index (χ1) is 27.3. The van der Waals surface area contributed by atoms with Crippen LogP contribution in [0.15, 0.2) is 176 Å². The van der Waals surface area contributed by atoms with Crippen molar-refractivity contribution in [2.45, 2.75) is 38.5 Å². The van der Waals surface area contributed by atoms with Crippen molar-refractivity contribution in [2.75, 3.05) is 4.90 Å². The molecule has 0 fully saturated rings. The number of benzene rings is 8. The Hall–Kier alpha value is -6.22. The third-order valence-electron chi connectivity index (χ3n) is 12.7. The largest absolute Gasteiger partial charge is 0.310 e. The summed E-state index contributed by atoms with van der Waals surface area (Å²) >= 11 is 1.87. The van der Waals surface area contributed by atoms with E-state index in [9.17, 15) is 0 Å². The zero-order chi connectivity index (χ0) is 37.8. The number of hydrogen-bond acceptors (Lipinski definition) is 2. The van der Waals surface area contributed by atoms with Crippen LogP contribution in [0.1, 0.15) is 49.9 Å². The number of hydrogen-bond donors (Lipinski definition) is 0. The van der Waals surface area contributed by atoms with E-state index >= 15 is 0 Å². The summed E-state index contributed by atoms with van der Waals surface area (Å²) in [5, 5.41) is 2.65. The standard InChI is InChI=1S/C54H41NS/c1-53(2)46-19-9-6-17-43(46)52-47(53)20-12-21-49(52)55(38-27-23-34(24-28-38)36-26-30-51-44(32-36)42-16-7-10-22-50(42)56-51)39-14-11-13-35(31-39)37-25-29-41-40-15-5-8-18-45(40)54(3,4)48(41)33-37/h5-33H,1-4H3. The lowest BCUT2D eigenvalue weighted by molar-refractivity contribution is 0.660. The Bertz CT molecular complexity index is 3030. The molecular weight excluding hydrogens is 695 g/mol. The fourth-order valence-electron chi connectivity index (χ4n) is 9.77. The molecule has 0 unspecified atom stereocenters. The Labute approximate surface area is 333 Å². The van der Waals surface area contributed by atoms with Crippen molar-refractivity contribution in [3.05, 3.63) is 198 Å². The van der Waals surface area contributed by atoms with Crippen LogP contribution in [0.4, 0.5) is 17.1 Å². The van der Waals surface area contributed by atoms with Crippen LogP contribution in [0.2, 0.25) is 0 Å². The van der Waals surface area contributed by atoms with Crippen LogP contribution < -0.4 is 4.90 Å². The van der Waals surface area contributed by atoms with Gasteiger partial charge in [0.2, 0.25) is 0 Å². The molecule has 0 saturated heterocycles. The van der Waals surface area contributed by atoms with E-state index in [-0.39, 0.29) is 10.8 Å². The van der Waals surface area contributed by atoms with Gasteiger partial charge < -0.3 is 4.90 Å². The minimum atomic E-state index is -0.0986. The van der Waals surface area contributed by atoms with Gasteiger partial charge in [0.05, 0.1) is 5.69 Å². The van der Waals surface area contributed by atoms with Gasteiger partial charge in [-0.2, -0.15) is 0 Å². The number of anilines is 3. The molecule has 268 valence electrons. The highest BCUT2D eigenvalue weighted by Gasteiger charge is 2.38. The highest BCUT2D eigenvalue weighted by molar-refractivity contribution is 7.25. The van der Waals surface area contributed by atoms with E-state index in [1.165, 1.54) is 92.6 Å². The number of nitrogens with zero attached hydrogens (tertiary/aromatic N) is 1. The van der Waals surface area contributed by atoms with Crippen LogP contribution in [-0.4, -0.2) is 0 Å². The lowest BCUT2D eigenvalue weighted by atomic mass is 9.81. The molecule has 0 N–H and O–H groups in total. The van der Waals surface area contributed by atoms with Crippen LogP contribution in [-0.2, 0) is 10.8 Å². The fourth-order valence-corrected chi connectivity index (χ4v) is 10.9. The topological polar surface area (TPSA) is 3.24 Å². The van der Waals surface area contributed by atoms with Gasteiger partial charge in [-0.15, -0.1) is 11.3 Å². The molecule has 2 aliphatic rings. The van der Waals surface area contributed by atoms with Crippen LogP contribution >= 0.6 is 11.3 Å². The molecule has 0 radical (unpaired) electrons. The van der Waals surface area contributed by atoms with Gasteiger partial charge in [0.1, 0.15) is 0 Å².